The lowest BCUT2D eigenvalue weighted by Crippen LogP contribution is -2.46. The average molecular weight is 392 g/mol. The van der Waals surface area contributed by atoms with Gasteiger partial charge in [-0.25, -0.2) is 4.52 Å². The minimum Gasteiger partial charge on any atom is -0.508 e. The van der Waals surface area contributed by atoms with Gasteiger partial charge in [0.2, 0.25) is 5.91 Å². The number of pyridine rings is 1. The van der Waals surface area contributed by atoms with E-state index in [-0.39, 0.29) is 30.0 Å². The van der Waals surface area contributed by atoms with Gasteiger partial charge in [-0.2, -0.15) is 5.10 Å². The maximum Gasteiger partial charge on any atom is 0.257 e. The Kier molecular flexibility index (Phi) is 5.20. The third-order valence-corrected chi connectivity index (χ3v) is 5.42. The van der Waals surface area contributed by atoms with Crippen molar-refractivity contribution in [1.29, 1.82) is 0 Å². The van der Waals surface area contributed by atoms with Crippen molar-refractivity contribution < 1.29 is 14.7 Å². The minimum absolute atomic E-state index is 0.0110. The van der Waals surface area contributed by atoms with Crippen LogP contribution in [0.25, 0.3) is 5.52 Å². The molecule has 3 aromatic rings. The smallest absolute Gasteiger partial charge is 0.257 e. The number of amides is 2. The highest BCUT2D eigenvalue weighted by Gasteiger charge is 2.26. The number of piperidine rings is 1. The predicted molar refractivity (Wildman–Crippen MR) is 109 cm³/mol. The Morgan fingerprint density at radius 1 is 1.17 bits per heavy atom. The zero-order chi connectivity index (χ0) is 20.4. The summed E-state index contributed by atoms with van der Waals surface area (Å²) in [5.41, 5.74) is 3.35. The normalized spacial score (nSPS) is 14.9. The number of likely N-dealkylation sites (tertiary alicyclic amines) is 1. The van der Waals surface area contributed by atoms with Gasteiger partial charge in [0.05, 0.1) is 23.7 Å². The molecule has 1 aromatic carbocycles. The van der Waals surface area contributed by atoms with Crippen molar-refractivity contribution in [3.05, 3.63) is 65.5 Å². The largest absolute Gasteiger partial charge is 0.508 e. The number of hydrogen-bond acceptors (Lipinski definition) is 4. The Bertz CT molecular complexity index is 1030. The van der Waals surface area contributed by atoms with Crippen LogP contribution in [0.2, 0.25) is 0 Å². The van der Waals surface area contributed by atoms with Gasteiger partial charge >= 0.3 is 0 Å². The number of aryl methyl sites for hydroxylation is 1. The second kappa shape index (κ2) is 7.95. The molecule has 150 valence electrons. The molecule has 1 aliphatic heterocycles. The van der Waals surface area contributed by atoms with E-state index < -0.39 is 0 Å². The second-order valence-electron chi connectivity index (χ2n) is 7.52. The molecule has 2 N–H and O–H groups in total. The van der Waals surface area contributed by atoms with Gasteiger partial charge < -0.3 is 15.3 Å². The summed E-state index contributed by atoms with van der Waals surface area (Å²) in [6, 6.07) is 10.6. The van der Waals surface area contributed by atoms with Gasteiger partial charge in [-0.15, -0.1) is 0 Å². The fourth-order valence-electron chi connectivity index (χ4n) is 3.85. The van der Waals surface area contributed by atoms with Crippen LogP contribution in [0.1, 0.15) is 34.3 Å². The van der Waals surface area contributed by atoms with Crippen molar-refractivity contribution in [2.75, 3.05) is 13.1 Å². The summed E-state index contributed by atoms with van der Waals surface area (Å²) in [5.74, 6) is 0.134. The number of aromatic hydroxyl groups is 1. The first kappa shape index (κ1) is 19.0. The molecule has 0 atom stereocenters. The van der Waals surface area contributed by atoms with Gasteiger partial charge in [0.1, 0.15) is 5.75 Å². The number of hydrogen-bond donors (Lipinski definition) is 2. The number of fused-ring (bicyclic) bond motifs is 1. The topological polar surface area (TPSA) is 86.9 Å². The molecule has 0 bridgehead atoms. The van der Waals surface area contributed by atoms with E-state index >= 15 is 0 Å². The monoisotopic (exact) mass is 392 g/mol. The molecule has 29 heavy (non-hydrogen) atoms. The van der Waals surface area contributed by atoms with Crippen LogP contribution in [-0.2, 0) is 11.2 Å². The van der Waals surface area contributed by atoms with Crippen LogP contribution in [0.3, 0.4) is 0 Å². The molecular formula is C22H24N4O3. The zero-order valence-electron chi connectivity index (χ0n) is 16.3. The summed E-state index contributed by atoms with van der Waals surface area (Å²) in [5, 5.41) is 16.7. The summed E-state index contributed by atoms with van der Waals surface area (Å²) in [6.45, 7) is 3.18. The Balaban J connectivity index is 1.33. The van der Waals surface area contributed by atoms with E-state index in [1.165, 1.54) is 0 Å². The number of phenols is 1. The Hall–Kier alpha value is -3.35. The Morgan fingerprint density at radius 2 is 1.90 bits per heavy atom. The second-order valence-corrected chi connectivity index (χ2v) is 7.52. The number of aromatic nitrogens is 2. The highest BCUT2D eigenvalue weighted by Crippen LogP contribution is 2.20. The summed E-state index contributed by atoms with van der Waals surface area (Å²) in [4.78, 5) is 27.1. The minimum atomic E-state index is -0.0429. The summed E-state index contributed by atoms with van der Waals surface area (Å²) < 4.78 is 1.73. The molecule has 2 aromatic heterocycles. The Labute approximate surface area is 169 Å². The van der Waals surface area contributed by atoms with Crippen LogP contribution in [0, 0.1) is 6.92 Å². The van der Waals surface area contributed by atoms with Crippen LogP contribution >= 0.6 is 0 Å². The molecule has 3 heterocycles. The Morgan fingerprint density at radius 3 is 2.62 bits per heavy atom. The quantitative estimate of drug-likeness (QED) is 0.713. The van der Waals surface area contributed by atoms with E-state index in [2.05, 4.69) is 10.4 Å². The maximum atomic E-state index is 13.0. The van der Waals surface area contributed by atoms with Crippen molar-refractivity contribution in [2.45, 2.75) is 32.2 Å². The van der Waals surface area contributed by atoms with E-state index in [1.54, 1.807) is 35.0 Å². The lowest BCUT2D eigenvalue weighted by molar-refractivity contribution is -0.121. The molecule has 1 aliphatic rings. The van der Waals surface area contributed by atoms with Crippen molar-refractivity contribution in [3.8, 4) is 5.75 Å². The predicted octanol–water partition coefficient (Wildman–Crippen LogP) is 2.31. The molecule has 0 unspecified atom stereocenters. The zero-order valence-corrected chi connectivity index (χ0v) is 16.3. The first-order valence-electron chi connectivity index (χ1n) is 9.81. The van der Waals surface area contributed by atoms with Gasteiger partial charge in [-0.3, -0.25) is 9.59 Å². The number of benzene rings is 1. The van der Waals surface area contributed by atoms with Crippen LogP contribution in [0.15, 0.2) is 48.8 Å². The fourth-order valence-corrected chi connectivity index (χ4v) is 3.85. The fraction of sp³-hybridized carbons (Fsp3) is 0.318. The van der Waals surface area contributed by atoms with Crippen molar-refractivity contribution >= 4 is 17.3 Å². The van der Waals surface area contributed by atoms with Gasteiger partial charge in [0.15, 0.2) is 0 Å². The highest BCUT2D eigenvalue weighted by molar-refractivity contribution is 6.01. The standard InChI is InChI=1S/C22H24N4O3/c1-15-3-2-10-26-21(15)19(14-23-26)22(29)25-11-8-17(9-12-25)24-20(28)13-16-4-6-18(27)7-5-16/h2-7,10,14,17,27H,8-9,11-13H2,1H3,(H,24,28). The summed E-state index contributed by atoms with van der Waals surface area (Å²) in [6.07, 6.45) is 5.21. The number of carbonyl (C=O) groups is 2. The molecule has 7 nitrogen and oxygen atoms in total. The first-order valence-corrected chi connectivity index (χ1v) is 9.81. The molecule has 0 spiro atoms. The number of rotatable bonds is 4. The molecule has 7 heteroatoms. The van der Waals surface area contributed by atoms with Gasteiger partial charge in [-0.1, -0.05) is 18.2 Å². The van der Waals surface area contributed by atoms with Crippen molar-refractivity contribution in [1.82, 2.24) is 19.8 Å². The molecule has 0 aliphatic carbocycles. The maximum absolute atomic E-state index is 13.0. The van der Waals surface area contributed by atoms with Gasteiger partial charge in [-0.05, 0) is 49.1 Å². The molecule has 1 saturated heterocycles. The number of nitrogens with one attached hydrogen (secondary N) is 1. The van der Waals surface area contributed by atoms with Crippen molar-refractivity contribution in [2.24, 2.45) is 0 Å². The van der Waals surface area contributed by atoms with Crippen LogP contribution < -0.4 is 5.32 Å². The highest BCUT2D eigenvalue weighted by atomic mass is 16.3. The number of phenolic OH excluding ortho intramolecular Hbond substituents is 1. The molecule has 2 amide bonds. The van der Waals surface area contributed by atoms with Crippen LogP contribution in [0.5, 0.6) is 5.75 Å². The lowest BCUT2D eigenvalue weighted by Gasteiger charge is -2.32. The third kappa shape index (κ3) is 4.08. The first-order chi connectivity index (χ1) is 14.0. The third-order valence-electron chi connectivity index (χ3n) is 5.42. The van der Waals surface area contributed by atoms with E-state index in [0.29, 0.717) is 18.7 Å². The summed E-state index contributed by atoms with van der Waals surface area (Å²) in [7, 11) is 0. The molecular weight excluding hydrogens is 368 g/mol. The molecule has 4 rings (SSSR count). The average Bonchev–Trinajstić information content (AvgIpc) is 3.15. The van der Waals surface area contributed by atoms with Crippen molar-refractivity contribution in [3.63, 3.8) is 0 Å². The molecule has 1 fully saturated rings. The number of carbonyl (C=O) groups excluding carboxylic acids is 2. The number of nitrogens with zero attached hydrogens (tertiary/aromatic N) is 3. The van der Waals surface area contributed by atoms with Crippen LogP contribution in [0.4, 0.5) is 0 Å². The molecule has 0 saturated carbocycles. The van der Waals surface area contributed by atoms with E-state index in [9.17, 15) is 14.7 Å². The molecule has 0 radical (unpaired) electrons. The van der Waals surface area contributed by atoms with E-state index in [0.717, 1.165) is 29.5 Å². The summed E-state index contributed by atoms with van der Waals surface area (Å²) >= 11 is 0. The van der Waals surface area contributed by atoms with E-state index in [1.807, 2.05) is 30.2 Å². The lowest BCUT2D eigenvalue weighted by atomic mass is 10.0. The SMILES string of the molecule is Cc1cccn2ncc(C(=O)N3CCC(NC(=O)Cc4ccc(O)cc4)CC3)c12. The van der Waals surface area contributed by atoms with Crippen LogP contribution in [-0.4, -0.2) is 50.6 Å². The van der Waals surface area contributed by atoms with E-state index in [4.69, 9.17) is 0 Å². The van der Waals surface area contributed by atoms with Gasteiger partial charge in [0, 0.05) is 25.3 Å². The van der Waals surface area contributed by atoms with Gasteiger partial charge in [0.25, 0.3) is 5.91 Å².